The van der Waals surface area contributed by atoms with Crippen LogP contribution >= 0.6 is 0 Å². The van der Waals surface area contributed by atoms with E-state index < -0.39 is 0 Å². The van der Waals surface area contributed by atoms with Gasteiger partial charge in [-0.1, -0.05) is 24.8 Å². The lowest BCUT2D eigenvalue weighted by atomic mass is 10.2. The molecule has 0 fully saturated rings. The van der Waals surface area contributed by atoms with Crippen molar-refractivity contribution in [1.82, 2.24) is 0 Å². The maximum absolute atomic E-state index is 8.63. The molecule has 0 heterocycles. The van der Waals surface area contributed by atoms with E-state index in [1.54, 1.807) is 0 Å². The van der Waals surface area contributed by atoms with Crippen molar-refractivity contribution < 1.29 is 0 Å². The van der Waals surface area contributed by atoms with Crippen molar-refractivity contribution in [3.63, 3.8) is 0 Å². The molecule has 0 saturated carbocycles. The summed E-state index contributed by atoms with van der Waals surface area (Å²) in [4.78, 5) is 2.12. The Labute approximate surface area is 96.8 Å². The lowest BCUT2D eigenvalue weighted by Gasteiger charge is -2.24. The van der Waals surface area contributed by atoms with E-state index in [9.17, 15) is 0 Å². The Morgan fingerprint density at radius 1 is 1.38 bits per heavy atom. The van der Waals surface area contributed by atoms with Gasteiger partial charge in [-0.05, 0) is 17.7 Å². The highest BCUT2D eigenvalue weighted by Crippen LogP contribution is 2.14. The van der Waals surface area contributed by atoms with Crippen LogP contribution in [-0.4, -0.2) is 19.6 Å². The summed E-state index contributed by atoms with van der Waals surface area (Å²) in [7, 11) is 0. The monoisotopic (exact) mass is 215 g/mol. The second-order valence-electron chi connectivity index (χ2n) is 3.62. The number of nitrogens with zero attached hydrogens (tertiary/aromatic N) is 2. The molecule has 0 bridgehead atoms. The van der Waals surface area contributed by atoms with Crippen LogP contribution in [0.3, 0.4) is 0 Å². The molecule has 1 aromatic rings. The SMILES string of the molecule is C=C(CN)CN(CCC#N)c1ccccc1. The molecule has 84 valence electrons. The quantitative estimate of drug-likeness (QED) is 0.738. The third-order valence-corrected chi connectivity index (χ3v) is 2.32. The topological polar surface area (TPSA) is 53.0 Å². The molecule has 1 aromatic carbocycles. The summed E-state index contributed by atoms with van der Waals surface area (Å²) >= 11 is 0. The van der Waals surface area contributed by atoms with Crippen molar-refractivity contribution >= 4 is 5.69 Å². The standard InChI is InChI=1S/C13H17N3/c1-12(10-15)11-16(9-5-8-14)13-6-3-2-4-7-13/h2-4,6-7H,1,5,9-11,15H2. The molecule has 3 heteroatoms. The van der Waals surface area contributed by atoms with Gasteiger partial charge in [-0.15, -0.1) is 0 Å². The van der Waals surface area contributed by atoms with E-state index >= 15 is 0 Å². The number of anilines is 1. The molecule has 0 saturated heterocycles. The van der Waals surface area contributed by atoms with Crippen molar-refractivity contribution in [3.05, 3.63) is 42.5 Å². The average molecular weight is 215 g/mol. The average Bonchev–Trinajstić information content (AvgIpc) is 2.35. The van der Waals surface area contributed by atoms with Gasteiger partial charge in [0.15, 0.2) is 0 Å². The minimum atomic E-state index is 0.482. The lowest BCUT2D eigenvalue weighted by Crippen LogP contribution is -2.28. The number of para-hydroxylation sites is 1. The van der Waals surface area contributed by atoms with Gasteiger partial charge in [-0.3, -0.25) is 0 Å². The smallest absolute Gasteiger partial charge is 0.0640 e. The largest absolute Gasteiger partial charge is 0.366 e. The highest BCUT2D eigenvalue weighted by molar-refractivity contribution is 5.47. The first-order chi connectivity index (χ1) is 7.77. The molecule has 0 amide bonds. The fraction of sp³-hybridized carbons (Fsp3) is 0.308. The van der Waals surface area contributed by atoms with E-state index in [1.807, 2.05) is 30.3 Å². The lowest BCUT2D eigenvalue weighted by molar-refractivity contribution is 0.828. The van der Waals surface area contributed by atoms with Crippen LogP contribution in [0.1, 0.15) is 6.42 Å². The molecule has 16 heavy (non-hydrogen) atoms. The number of nitriles is 1. The van der Waals surface area contributed by atoms with E-state index in [2.05, 4.69) is 17.5 Å². The third kappa shape index (κ3) is 3.76. The third-order valence-electron chi connectivity index (χ3n) is 2.32. The number of hydrogen-bond donors (Lipinski definition) is 1. The van der Waals surface area contributed by atoms with E-state index in [4.69, 9.17) is 11.0 Å². The first-order valence-corrected chi connectivity index (χ1v) is 5.31. The summed E-state index contributed by atoms with van der Waals surface area (Å²) in [5, 5.41) is 8.63. The molecule has 0 aromatic heterocycles. The van der Waals surface area contributed by atoms with Gasteiger partial charge in [0.05, 0.1) is 12.5 Å². The maximum Gasteiger partial charge on any atom is 0.0640 e. The summed E-state index contributed by atoms with van der Waals surface area (Å²) in [6.45, 7) is 5.80. The predicted molar refractivity (Wildman–Crippen MR) is 67.1 cm³/mol. The first-order valence-electron chi connectivity index (χ1n) is 5.31. The van der Waals surface area contributed by atoms with Gasteiger partial charge >= 0.3 is 0 Å². The summed E-state index contributed by atoms with van der Waals surface area (Å²) in [6, 6.07) is 12.2. The molecule has 0 aliphatic carbocycles. The van der Waals surface area contributed by atoms with Crippen molar-refractivity contribution in [2.45, 2.75) is 6.42 Å². The Bertz CT molecular complexity index is 365. The van der Waals surface area contributed by atoms with Crippen LogP contribution in [0.5, 0.6) is 0 Å². The number of benzene rings is 1. The second kappa shape index (κ2) is 6.65. The van der Waals surface area contributed by atoms with Crippen LogP contribution in [0.15, 0.2) is 42.5 Å². The van der Waals surface area contributed by atoms with Crippen LogP contribution in [0.25, 0.3) is 0 Å². The Morgan fingerprint density at radius 2 is 2.06 bits per heavy atom. The number of hydrogen-bond acceptors (Lipinski definition) is 3. The van der Waals surface area contributed by atoms with E-state index in [0.29, 0.717) is 26.1 Å². The van der Waals surface area contributed by atoms with E-state index in [1.165, 1.54) is 0 Å². The van der Waals surface area contributed by atoms with E-state index in [0.717, 1.165) is 11.3 Å². The molecule has 0 aliphatic heterocycles. The van der Waals surface area contributed by atoms with Crippen molar-refractivity contribution in [3.8, 4) is 6.07 Å². The normalized spacial score (nSPS) is 9.50. The van der Waals surface area contributed by atoms with Crippen LogP contribution in [0.4, 0.5) is 5.69 Å². The van der Waals surface area contributed by atoms with Gasteiger partial charge < -0.3 is 10.6 Å². The second-order valence-corrected chi connectivity index (χ2v) is 3.62. The minimum Gasteiger partial charge on any atom is -0.366 e. The highest BCUT2D eigenvalue weighted by Gasteiger charge is 2.06. The Morgan fingerprint density at radius 3 is 2.62 bits per heavy atom. The molecule has 0 atom stereocenters. The molecule has 0 radical (unpaired) electrons. The van der Waals surface area contributed by atoms with Crippen LogP contribution in [0, 0.1) is 11.3 Å². The van der Waals surface area contributed by atoms with Crippen molar-refractivity contribution in [1.29, 1.82) is 5.26 Å². The predicted octanol–water partition coefficient (Wildman–Crippen LogP) is 1.92. The highest BCUT2D eigenvalue weighted by atomic mass is 15.1. The zero-order valence-corrected chi connectivity index (χ0v) is 9.39. The van der Waals surface area contributed by atoms with Gasteiger partial charge in [0.1, 0.15) is 0 Å². The molecular weight excluding hydrogens is 198 g/mol. The van der Waals surface area contributed by atoms with Crippen LogP contribution in [0.2, 0.25) is 0 Å². The summed E-state index contributed by atoms with van der Waals surface area (Å²) < 4.78 is 0. The minimum absolute atomic E-state index is 0.482. The van der Waals surface area contributed by atoms with Gasteiger partial charge in [-0.25, -0.2) is 0 Å². The Kier molecular flexibility index (Phi) is 5.10. The summed E-state index contributed by atoms with van der Waals surface area (Å²) in [5.74, 6) is 0. The van der Waals surface area contributed by atoms with Crippen LogP contribution in [-0.2, 0) is 0 Å². The molecule has 0 aliphatic rings. The van der Waals surface area contributed by atoms with Gasteiger partial charge in [-0.2, -0.15) is 5.26 Å². The molecule has 0 unspecified atom stereocenters. The first kappa shape index (κ1) is 12.3. The fourth-order valence-electron chi connectivity index (χ4n) is 1.46. The fourth-order valence-corrected chi connectivity index (χ4v) is 1.46. The molecule has 1 rings (SSSR count). The van der Waals surface area contributed by atoms with Crippen molar-refractivity contribution in [2.75, 3.05) is 24.5 Å². The van der Waals surface area contributed by atoms with Gasteiger partial charge in [0.2, 0.25) is 0 Å². The summed E-state index contributed by atoms with van der Waals surface area (Å²) in [6.07, 6.45) is 0.507. The summed E-state index contributed by atoms with van der Waals surface area (Å²) in [5.41, 5.74) is 7.61. The molecule has 2 N–H and O–H groups in total. The van der Waals surface area contributed by atoms with Crippen molar-refractivity contribution in [2.24, 2.45) is 5.73 Å². The van der Waals surface area contributed by atoms with Gasteiger partial charge in [0.25, 0.3) is 0 Å². The molecule has 3 nitrogen and oxygen atoms in total. The zero-order valence-electron chi connectivity index (χ0n) is 9.39. The zero-order chi connectivity index (χ0) is 11.8. The maximum atomic E-state index is 8.63. The Hall–Kier alpha value is -1.79. The molecular formula is C13H17N3. The van der Waals surface area contributed by atoms with Gasteiger partial charge in [0, 0.05) is 25.3 Å². The van der Waals surface area contributed by atoms with E-state index in [-0.39, 0.29) is 0 Å². The number of nitrogens with two attached hydrogens (primary N) is 1. The Balaban J connectivity index is 2.71. The van der Waals surface area contributed by atoms with Crippen LogP contribution < -0.4 is 10.6 Å². The molecule has 0 spiro atoms. The number of rotatable bonds is 6.